The van der Waals surface area contributed by atoms with E-state index in [4.69, 9.17) is 4.74 Å². The van der Waals surface area contributed by atoms with Crippen molar-refractivity contribution in [3.63, 3.8) is 0 Å². The van der Waals surface area contributed by atoms with E-state index < -0.39 is 23.7 Å². The van der Waals surface area contributed by atoms with Crippen molar-refractivity contribution in [3.05, 3.63) is 59.7 Å². The minimum atomic E-state index is -1.11. The summed E-state index contributed by atoms with van der Waals surface area (Å²) in [6.45, 7) is 0. The Morgan fingerprint density at radius 2 is 2.04 bits per heavy atom. The van der Waals surface area contributed by atoms with Crippen LogP contribution in [-0.2, 0) is 4.79 Å². The first-order valence-electron chi connectivity index (χ1n) is 6.97. The van der Waals surface area contributed by atoms with E-state index in [0.29, 0.717) is 0 Å². The summed E-state index contributed by atoms with van der Waals surface area (Å²) in [6, 6.07) is 9.76. The van der Waals surface area contributed by atoms with Crippen molar-refractivity contribution in [2.24, 2.45) is 0 Å². The molecule has 0 saturated heterocycles. The molecule has 0 saturated carbocycles. The summed E-state index contributed by atoms with van der Waals surface area (Å²) in [4.78, 5) is 12.4. The van der Waals surface area contributed by atoms with Crippen molar-refractivity contribution in [2.75, 3.05) is 6.26 Å². The molecule has 0 radical (unpaired) electrons. The number of ether oxygens (including phenoxy) is 1. The number of thioether (sulfide) groups is 1. The first-order chi connectivity index (χ1) is 11.0. The molecule has 0 aliphatic heterocycles. The van der Waals surface area contributed by atoms with Crippen molar-refractivity contribution >= 4 is 17.7 Å². The van der Waals surface area contributed by atoms with Crippen LogP contribution in [0.2, 0.25) is 0 Å². The largest absolute Gasteiger partial charge is 0.426 e. The maximum atomic E-state index is 13.9. The average Bonchev–Trinajstić information content (AvgIpc) is 2.52. The normalized spacial score (nSPS) is 12.0. The highest BCUT2D eigenvalue weighted by Crippen LogP contribution is 2.25. The van der Waals surface area contributed by atoms with Gasteiger partial charge in [-0.3, -0.25) is 4.79 Å². The second kappa shape index (κ2) is 8.08. The molecule has 0 amide bonds. The van der Waals surface area contributed by atoms with Crippen LogP contribution in [0.25, 0.3) is 0 Å². The number of rotatable bonds is 6. The molecule has 1 unspecified atom stereocenters. The Balaban J connectivity index is 1.91. The third-order valence-corrected chi connectivity index (χ3v) is 3.94. The van der Waals surface area contributed by atoms with Gasteiger partial charge in [0.05, 0.1) is 6.10 Å². The number of hydrogen-bond acceptors (Lipinski definition) is 4. The van der Waals surface area contributed by atoms with Gasteiger partial charge in [0.15, 0.2) is 0 Å². The van der Waals surface area contributed by atoms with E-state index >= 15 is 0 Å². The van der Waals surface area contributed by atoms with E-state index in [1.807, 2.05) is 6.26 Å². The summed E-state index contributed by atoms with van der Waals surface area (Å²) >= 11 is 1.40. The van der Waals surface area contributed by atoms with E-state index in [9.17, 15) is 18.7 Å². The molecule has 2 rings (SSSR count). The molecule has 0 aromatic heterocycles. The third-order valence-electron chi connectivity index (χ3n) is 3.22. The van der Waals surface area contributed by atoms with Crippen molar-refractivity contribution in [3.8, 4) is 5.75 Å². The molecule has 1 atom stereocenters. The number of carbonyl (C=O) groups is 1. The Labute approximate surface area is 137 Å². The summed E-state index contributed by atoms with van der Waals surface area (Å²) in [7, 11) is 0. The van der Waals surface area contributed by atoms with Gasteiger partial charge < -0.3 is 9.84 Å². The average molecular weight is 338 g/mol. The zero-order valence-electron chi connectivity index (χ0n) is 12.5. The molecular weight excluding hydrogens is 322 g/mol. The predicted molar refractivity (Wildman–Crippen MR) is 84.4 cm³/mol. The molecule has 0 spiro atoms. The van der Waals surface area contributed by atoms with Gasteiger partial charge in [-0.1, -0.05) is 12.1 Å². The van der Waals surface area contributed by atoms with E-state index in [2.05, 4.69) is 0 Å². The molecule has 122 valence electrons. The molecule has 0 fully saturated rings. The summed E-state index contributed by atoms with van der Waals surface area (Å²) < 4.78 is 31.8. The molecule has 2 aromatic rings. The van der Waals surface area contributed by atoms with Crippen LogP contribution in [0.3, 0.4) is 0 Å². The van der Waals surface area contributed by atoms with Gasteiger partial charge in [-0.2, -0.15) is 0 Å². The second-order valence-electron chi connectivity index (χ2n) is 4.87. The summed E-state index contributed by atoms with van der Waals surface area (Å²) in [5.74, 6) is -1.54. The Kier molecular flexibility index (Phi) is 6.12. The first-order valence-corrected chi connectivity index (χ1v) is 8.20. The lowest BCUT2D eigenvalue weighted by Crippen LogP contribution is -2.11. The van der Waals surface area contributed by atoms with Crippen molar-refractivity contribution < 1.29 is 23.4 Å². The predicted octanol–water partition coefficient (Wildman–Crippen LogP) is 4.11. The van der Waals surface area contributed by atoms with E-state index in [1.54, 1.807) is 6.07 Å². The molecule has 0 heterocycles. The van der Waals surface area contributed by atoms with Crippen LogP contribution in [0.1, 0.15) is 24.5 Å². The smallest absolute Gasteiger partial charge is 0.311 e. The molecule has 2 aromatic carbocycles. The van der Waals surface area contributed by atoms with Crippen LogP contribution in [0, 0.1) is 11.6 Å². The maximum Gasteiger partial charge on any atom is 0.311 e. The van der Waals surface area contributed by atoms with Gasteiger partial charge in [-0.15, -0.1) is 11.8 Å². The van der Waals surface area contributed by atoms with Gasteiger partial charge in [-0.05, 0) is 36.9 Å². The highest BCUT2D eigenvalue weighted by atomic mass is 32.2. The quantitative estimate of drug-likeness (QED) is 0.489. The summed E-state index contributed by atoms with van der Waals surface area (Å²) in [6.07, 6.45) is 0.629. The molecule has 0 aliphatic rings. The van der Waals surface area contributed by atoms with E-state index in [1.165, 1.54) is 42.1 Å². The number of hydrogen-bond donors (Lipinski definition) is 1. The Hall–Kier alpha value is -1.92. The van der Waals surface area contributed by atoms with Gasteiger partial charge >= 0.3 is 5.97 Å². The van der Waals surface area contributed by atoms with Crippen LogP contribution in [0.15, 0.2) is 47.4 Å². The number of halogens is 2. The first kappa shape index (κ1) is 17.4. The Bertz CT molecular complexity index is 691. The fourth-order valence-corrected chi connectivity index (χ4v) is 2.45. The fraction of sp³-hybridized carbons (Fsp3) is 0.235. The highest BCUT2D eigenvalue weighted by molar-refractivity contribution is 7.98. The lowest BCUT2D eigenvalue weighted by atomic mass is 10.0. The van der Waals surface area contributed by atoms with Crippen LogP contribution in [-0.4, -0.2) is 17.3 Å². The SMILES string of the molecule is CSc1ccc(C(O)CCC(=O)Oc2cccc(F)c2)c(F)c1. The zero-order valence-corrected chi connectivity index (χ0v) is 13.3. The number of esters is 1. The fourth-order valence-electron chi connectivity index (χ4n) is 2.03. The van der Waals surface area contributed by atoms with Gasteiger partial charge in [0.25, 0.3) is 0 Å². The van der Waals surface area contributed by atoms with Gasteiger partial charge in [0, 0.05) is 22.9 Å². The topological polar surface area (TPSA) is 46.5 Å². The minimum absolute atomic E-state index is 0.0175. The lowest BCUT2D eigenvalue weighted by Gasteiger charge is -2.12. The number of aliphatic hydroxyl groups excluding tert-OH is 1. The van der Waals surface area contributed by atoms with E-state index in [0.717, 1.165) is 11.0 Å². The zero-order chi connectivity index (χ0) is 16.8. The van der Waals surface area contributed by atoms with Crippen LogP contribution >= 0.6 is 11.8 Å². The van der Waals surface area contributed by atoms with E-state index in [-0.39, 0.29) is 24.2 Å². The third kappa shape index (κ3) is 5.04. The molecule has 0 bridgehead atoms. The number of carbonyl (C=O) groups excluding carboxylic acids is 1. The summed E-state index contributed by atoms with van der Waals surface area (Å²) in [5.41, 5.74) is 0.140. The minimum Gasteiger partial charge on any atom is -0.426 e. The molecule has 23 heavy (non-hydrogen) atoms. The van der Waals surface area contributed by atoms with Crippen molar-refractivity contribution in [2.45, 2.75) is 23.8 Å². The second-order valence-corrected chi connectivity index (χ2v) is 5.75. The lowest BCUT2D eigenvalue weighted by molar-refractivity contribution is -0.135. The molecule has 3 nitrogen and oxygen atoms in total. The molecular formula is C17H16F2O3S. The Morgan fingerprint density at radius 1 is 1.26 bits per heavy atom. The highest BCUT2D eigenvalue weighted by Gasteiger charge is 2.16. The van der Waals surface area contributed by atoms with Crippen LogP contribution in [0.4, 0.5) is 8.78 Å². The maximum absolute atomic E-state index is 13.9. The number of benzene rings is 2. The monoisotopic (exact) mass is 338 g/mol. The number of aliphatic hydroxyl groups is 1. The van der Waals surface area contributed by atoms with Gasteiger partial charge in [0.1, 0.15) is 17.4 Å². The standard InChI is InChI=1S/C17H16F2O3S/c1-23-13-5-6-14(15(19)10-13)16(20)7-8-17(21)22-12-4-2-3-11(18)9-12/h2-6,9-10,16,20H,7-8H2,1H3. The van der Waals surface area contributed by atoms with Crippen molar-refractivity contribution in [1.29, 1.82) is 0 Å². The molecule has 1 N–H and O–H groups in total. The molecule has 0 aliphatic carbocycles. The van der Waals surface area contributed by atoms with Gasteiger partial charge in [0.2, 0.25) is 0 Å². The van der Waals surface area contributed by atoms with Crippen LogP contribution in [0.5, 0.6) is 5.75 Å². The summed E-state index contributed by atoms with van der Waals surface area (Å²) in [5, 5.41) is 10.0. The van der Waals surface area contributed by atoms with Crippen LogP contribution < -0.4 is 4.74 Å². The Morgan fingerprint density at radius 3 is 2.70 bits per heavy atom. The van der Waals surface area contributed by atoms with Gasteiger partial charge in [-0.25, -0.2) is 8.78 Å². The van der Waals surface area contributed by atoms with Crippen molar-refractivity contribution in [1.82, 2.24) is 0 Å². The molecule has 6 heteroatoms.